The van der Waals surface area contributed by atoms with Crippen molar-refractivity contribution < 1.29 is 20.1 Å². The van der Waals surface area contributed by atoms with E-state index in [1.807, 2.05) is 6.92 Å². The van der Waals surface area contributed by atoms with Gasteiger partial charge in [-0.25, -0.2) is 0 Å². The van der Waals surface area contributed by atoms with Gasteiger partial charge in [0.05, 0.1) is 0 Å². The van der Waals surface area contributed by atoms with Crippen molar-refractivity contribution in [3.8, 4) is 17.2 Å². The zero-order valence-electron chi connectivity index (χ0n) is 9.45. The van der Waals surface area contributed by atoms with Crippen molar-refractivity contribution in [1.29, 1.82) is 0 Å². The number of unbranched alkanes of at least 4 members (excludes halogenated alkanes) is 1. The summed E-state index contributed by atoms with van der Waals surface area (Å²) in [4.78, 5) is 11.7. The number of hydrogen-bond acceptors (Lipinski definition) is 4. The quantitative estimate of drug-likeness (QED) is 0.686. The minimum Gasteiger partial charge on any atom is -0.507 e. The molecule has 0 unspecified atom stereocenters. The third-order valence-corrected chi connectivity index (χ3v) is 2.54. The third kappa shape index (κ3) is 2.27. The lowest BCUT2D eigenvalue weighted by Gasteiger charge is -2.10. The lowest BCUT2D eigenvalue weighted by atomic mass is 10.0. The zero-order valence-corrected chi connectivity index (χ0v) is 9.45. The summed E-state index contributed by atoms with van der Waals surface area (Å²) in [6.45, 7) is 3.44. The Morgan fingerprint density at radius 3 is 2.44 bits per heavy atom. The van der Waals surface area contributed by atoms with Crippen molar-refractivity contribution in [2.75, 3.05) is 0 Å². The van der Waals surface area contributed by atoms with Gasteiger partial charge in [0.2, 0.25) is 0 Å². The van der Waals surface area contributed by atoms with Crippen LogP contribution >= 0.6 is 0 Å². The fourth-order valence-corrected chi connectivity index (χ4v) is 1.48. The molecule has 4 nitrogen and oxygen atoms in total. The summed E-state index contributed by atoms with van der Waals surface area (Å²) in [5.74, 6) is -1.23. The van der Waals surface area contributed by atoms with Crippen LogP contribution in [0.1, 0.15) is 42.1 Å². The topological polar surface area (TPSA) is 77.8 Å². The molecule has 0 saturated heterocycles. The standard InChI is InChI=1S/C12H16O4/c1-3-4-5-8(13)11-10(15)6-9(14)7(2)12(11)16/h6,14-16H,3-5H2,1-2H3. The van der Waals surface area contributed by atoms with Crippen LogP contribution in [0.5, 0.6) is 17.2 Å². The van der Waals surface area contributed by atoms with Gasteiger partial charge < -0.3 is 15.3 Å². The fraction of sp³-hybridized carbons (Fsp3) is 0.417. The molecule has 3 N–H and O–H groups in total. The molecule has 1 aromatic carbocycles. The molecular weight excluding hydrogens is 208 g/mol. The number of ketones is 1. The Kier molecular flexibility index (Phi) is 3.77. The average Bonchev–Trinajstić information content (AvgIpc) is 2.23. The first-order valence-corrected chi connectivity index (χ1v) is 5.26. The Labute approximate surface area is 94.2 Å². The first-order valence-electron chi connectivity index (χ1n) is 5.26. The van der Waals surface area contributed by atoms with Gasteiger partial charge in [-0.15, -0.1) is 0 Å². The number of carbonyl (C=O) groups excluding carboxylic acids is 1. The van der Waals surface area contributed by atoms with E-state index in [0.29, 0.717) is 6.42 Å². The molecule has 4 heteroatoms. The number of Topliss-reactive ketones (excluding diaryl/α,β-unsaturated/α-hetero) is 1. The van der Waals surface area contributed by atoms with E-state index < -0.39 is 0 Å². The second-order valence-corrected chi connectivity index (χ2v) is 3.79. The largest absolute Gasteiger partial charge is 0.507 e. The lowest BCUT2D eigenvalue weighted by Crippen LogP contribution is -2.01. The molecule has 0 heterocycles. The highest BCUT2D eigenvalue weighted by Gasteiger charge is 2.19. The van der Waals surface area contributed by atoms with Crippen LogP contribution in [0.25, 0.3) is 0 Å². The first-order chi connectivity index (χ1) is 7.49. The van der Waals surface area contributed by atoms with Crippen molar-refractivity contribution in [1.82, 2.24) is 0 Å². The smallest absolute Gasteiger partial charge is 0.170 e. The average molecular weight is 224 g/mol. The van der Waals surface area contributed by atoms with Crippen molar-refractivity contribution in [2.45, 2.75) is 33.1 Å². The number of benzene rings is 1. The summed E-state index contributed by atoms with van der Waals surface area (Å²) in [6, 6.07) is 1.08. The number of hydrogen-bond donors (Lipinski definition) is 3. The maximum atomic E-state index is 11.7. The zero-order chi connectivity index (χ0) is 12.3. The van der Waals surface area contributed by atoms with Gasteiger partial charge in [-0.05, 0) is 13.3 Å². The van der Waals surface area contributed by atoms with Crippen LogP contribution in [-0.2, 0) is 0 Å². The van der Waals surface area contributed by atoms with Gasteiger partial charge in [-0.2, -0.15) is 0 Å². The van der Waals surface area contributed by atoms with Crippen LogP contribution in [0.4, 0.5) is 0 Å². The lowest BCUT2D eigenvalue weighted by molar-refractivity contribution is 0.0974. The molecule has 88 valence electrons. The van der Waals surface area contributed by atoms with Crippen LogP contribution < -0.4 is 0 Å². The van der Waals surface area contributed by atoms with E-state index in [4.69, 9.17) is 0 Å². The van der Waals surface area contributed by atoms with E-state index in [1.54, 1.807) is 0 Å². The molecular formula is C12H16O4. The molecule has 0 spiro atoms. The van der Waals surface area contributed by atoms with Crippen molar-refractivity contribution in [3.05, 3.63) is 17.2 Å². The molecule has 0 aliphatic carbocycles. The molecule has 0 bridgehead atoms. The van der Waals surface area contributed by atoms with Crippen LogP contribution in [0, 0.1) is 6.92 Å². The van der Waals surface area contributed by atoms with Crippen LogP contribution in [0.2, 0.25) is 0 Å². The molecule has 0 amide bonds. The predicted octanol–water partition coefficient (Wildman–Crippen LogP) is 2.48. The molecule has 16 heavy (non-hydrogen) atoms. The van der Waals surface area contributed by atoms with E-state index in [-0.39, 0.29) is 40.6 Å². The summed E-state index contributed by atoms with van der Waals surface area (Å²) in [7, 11) is 0. The SMILES string of the molecule is CCCCC(=O)c1c(O)cc(O)c(C)c1O. The maximum absolute atomic E-state index is 11.7. The highest BCUT2D eigenvalue weighted by Crippen LogP contribution is 2.37. The predicted molar refractivity (Wildman–Crippen MR) is 60.0 cm³/mol. The van der Waals surface area contributed by atoms with Gasteiger partial charge in [0.15, 0.2) is 5.78 Å². The minimum absolute atomic E-state index is 0.0937. The van der Waals surface area contributed by atoms with E-state index in [0.717, 1.165) is 12.5 Å². The van der Waals surface area contributed by atoms with Gasteiger partial charge in [0.1, 0.15) is 22.8 Å². The first kappa shape index (κ1) is 12.4. The van der Waals surface area contributed by atoms with Gasteiger partial charge in [0, 0.05) is 18.1 Å². The van der Waals surface area contributed by atoms with Gasteiger partial charge in [-0.1, -0.05) is 13.3 Å². The second-order valence-electron chi connectivity index (χ2n) is 3.79. The van der Waals surface area contributed by atoms with Crippen molar-refractivity contribution in [3.63, 3.8) is 0 Å². The van der Waals surface area contributed by atoms with Gasteiger partial charge >= 0.3 is 0 Å². The van der Waals surface area contributed by atoms with E-state index in [1.165, 1.54) is 6.92 Å². The summed E-state index contributed by atoms with van der Waals surface area (Å²) >= 11 is 0. The minimum atomic E-state index is -0.373. The number of carbonyl (C=O) groups is 1. The molecule has 0 aliphatic heterocycles. The molecule has 0 saturated carbocycles. The molecule has 1 rings (SSSR count). The summed E-state index contributed by atoms with van der Waals surface area (Å²) < 4.78 is 0. The number of aromatic hydroxyl groups is 3. The van der Waals surface area contributed by atoms with Gasteiger partial charge in [-0.3, -0.25) is 4.79 Å². The molecule has 0 aromatic heterocycles. The van der Waals surface area contributed by atoms with Crippen LogP contribution in [0.15, 0.2) is 6.07 Å². The van der Waals surface area contributed by atoms with Crippen LogP contribution in [-0.4, -0.2) is 21.1 Å². The fourth-order valence-electron chi connectivity index (χ4n) is 1.48. The third-order valence-electron chi connectivity index (χ3n) is 2.54. The Morgan fingerprint density at radius 1 is 1.25 bits per heavy atom. The normalized spacial score (nSPS) is 10.4. The highest BCUT2D eigenvalue weighted by atomic mass is 16.3. The molecule has 0 aliphatic rings. The van der Waals surface area contributed by atoms with Crippen molar-refractivity contribution >= 4 is 5.78 Å². The van der Waals surface area contributed by atoms with Crippen LogP contribution in [0.3, 0.4) is 0 Å². The Morgan fingerprint density at radius 2 is 1.88 bits per heavy atom. The molecule has 0 fully saturated rings. The maximum Gasteiger partial charge on any atom is 0.170 e. The highest BCUT2D eigenvalue weighted by molar-refractivity contribution is 6.01. The Balaban J connectivity index is 3.13. The molecule has 0 atom stereocenters. The Bertz CT molecular complexity index is 410. The number of rotatable bonds is 4. The summed E-state index contributed by atoms with van der Waals surface area (Å²) in [5.41, 5.74) is 0.112. The van der Waals surface area contributed by atoms with E-state index in [9.17, 15) is 20.1 Å². The molecule has 0 radical (unpaired) electrons. The summed E-state index contributed by atoms with van der Waals surface area (Å²) in [6.07, 6.45) is 1.85. The van der Waals surface area contributed by atoms with Crippen molar-refractivity contribution in [2.24, 2.45) is 0 Å². The van der Waals surface area contributed by atoms with E-state index in [2.05, 4.69) is 0 Å². The monoisotopic (exact) mass is 224 g/mol. The second kappa shape index (κ2) is 4.88. The Hall–Kier alpha value is -1.71. The van der Waals surface area contributed by atoms with Gasteiger partial charge in [0.25, 0.3) is 0 Å². The number of phenols is 3. The molecule has 1 aromatic rings. The van der Waals surface area contributed by atoms with E-state index >= 15 is 0 Å². The summed E-state index contributed by atoms with van der Waals surface area (Å²) in [5, 5.41) is 28.5. The number of phenolic OH excluding ortho intramolecular Hbond substituents is 3.